The van der Waals surface area contributed by atoms with Crippen LogP contribution in [-0.4, -0.2) is 12.5 Å². The molecule has 134 valence electrons. The first-order valence-electron chi connectivity index (χ1n) is 8.21. The highest BCUT2D eigenvalue weighted by molar-refractivity contribution is 7.09. The van der Waals surface area contributed by atoms with Crippen molar-refractivity contribution in [2.24, 2.45) is 5.73 Å². The summed E-state index contributed by atoms with van der Waals surface area (Å²) in [5, 5.41) is 5.88. The van der Waals surface area contributed by atoms with E-state index in [4.69, 9.17) is 22.1 Å². The third-order valence-corrected chi connectivity index (χ3v) is 5.06. The maximum Gasteiger partial charge on any atom is 0.248 e. The number of rotatable bonds is 8. The molecule has 3 N–H and O–H groups in total. The molecule has 1 aromatic heterocycles. The molecule has 3 rings (SSSR count). The number of carbonyl (C=O) groups excluding carboxylic acids is 1. The molecule has 26 heavy (non-hydrogen) atoms. The standard InChI is InChI=1S/C20H19ClN2O2S/c21-18-12-15(20(22)24)5-8-19(18)25-16-6-3-14(4-7-16)13-23-10-9-17-2-1-11-26-17/h1-8,11-12,23H,9-10,13H2,(H2,22,24). The van der Waals surface area contributed by atoms with Crippen molar-refractivity contribution >= 4 is 28.8 Å². The summed E-state index contributed by atoms with van der Waals surface area (Å²) in [7, 11) is 0. The van der Waals surface area contributed by atoms with E-state index in [9.17, 15) is 4.79 Å². The molecule has 0 radical (unpaired) electrons. The van der Waals surface area contributed by atoms with Gasteiger partial charge in [0.25, 0.3) is 0 Å². The van der Waals surface area contributed by atoms with Gasteiger partial charge in [-0.1, -0.05) is 29.8 Å². The number of nitrogens with two attached hydrogens (primary N) is 1. The van der Waals surface area contributed by atoms with Crippen LogP contribution in [0.3, 0.4) is 0 Å². The zero-order chi connectivity index (χ0) is 18.4. The van der Waals surface area contributed by atoms with Crippen molar-refractivity contribution in [3.05, 3.63) is 81.0 Å². The van der Waals surface area contributed by atoms with Gasteiger partial charge in [-0.05, 0) is 53.8 Å². The van der Waals surface area contributed by atoms with Crippen LogP contribution in [0, 0.1) is 0 Å². The first-order chi connectivity index (χ1) is 12.6. The average Bonchev–Trinajstić information content (AvgIpc) is 3.15. The fraction of sp³-hybridized carbons (Fsp3) is 0.150. The SMILES string of the molecule is NC(=O)c1ccc(Oc2ccc(CNCCc3cccs3)cc2)c(Cl)c1. The maximum atomic E-state index is 11.2. The van der Waals surface area contributed by atoms with Crippen molar-refractivity contribution in [1.82, 2.24) is 5.32 Å². The second kappa shape index (κ2) is 8.85. The molecule has 0 unspecified atom stereocenters. The molecule has 0 aliphatic carbocycles. The number of carbonyl (C=O) groups is 1. The topological polar surface area (TPSA) is 64.4 Å². The lowest BCUT2D eigenvalue weighted by atomic mass is 10.2. The Morgan fingerprint density at radius 1 is 1.15 bits per heavy atom. The molecule has 0 aliphatic heterocycles. The van der Waals surface area contributed by atoms with E-state index in [1.54, 1.807) is 23.5 Å². The number of amides is 1. The zero-order valence-corrected chi connectivity index (χ0v) is 15.6. The lowest BCUT2D eigenvalue weighted by Crippen LogP contribution is -2.16. The Bertz CT molecular complexity index is 864. The van der Waals surface area contributed by atoms with Crippen molar-refractivity contribution in [2.75, 3.05) is 6.54 Å². The minimum atomic E-state index is -0.519. The molecular weight excluding hydrogens is 368 g/mol. The molecule has 4 nitrogen and oxygen atoms in total. The van der Waals surface area contributed by atoms with Crippen LogP contribution in [-0.2, 0) is 13.0 Å². The van der Waals surface area contributed by atoms with Crippen molar-refractivity contribution < 1.29 is 9.53 Å². The maximum absolute atomic E-state index is 11.2. The van der Waals surface area contributed by atoms with Crippen LogP contribution in [0.25, 0.3) is 0 Å². The van der Waals surface area contributed by atoms with Gasteiger partial charge < -0.3 is 15.8 Å². The van der Waals surface area contributed by atoms with E-state index in [2.05, 4.69) is 22.8 Å². The summed E-state index contributed by atoms with van der Waals surface area (Å²) < 4.78 is 5.77. The summed E-state index contributed by atoms with van der Waals surface area (Å²) in [4.78, 5) is 12.5. The van der Waals surface area contributed by atoms with Gasteiger partial charge in [0, 0.05) is 23.5 Å². The second-order valence-electron chi connectivity index (χ2n) is 5.76. The smallest absolute Gasteiger partial charge is 0.248 e. The highest BCUT2D eigenvalue weighted by atomic mass is 35.5. The summed E-state index contributed by atoms with van der Waals surface area (Å²) in [5.74, 6) is 0.647. The Morgan fingerprint density at radius 3 is 2.62 bits per heavy atom. The summed E-state index contributed by atoms with van der Waals surface area (Å²) >= 11 is 7.92. The van der Waals surface area contributed by atoms with E-state index in [1.165, 1.54) is 16.5 Å². The lowest BCUT2D eigenvalue weighted by Gasteiger charge is -2.09. The minimum absolute atomic E-state index is 0.348. The molecule has 0 fully saturated rings. The van der Waals surface area contributed by atoms with Gasteiger partial charge in [-0.25, -0.2) is 0 Å². The van der Waals surface area contributed by atoms with Crippen LogP contribution in [0.1, 0.15) is 20.8 Å². The Balaban J connectivity index is 1.52. The molecule has 0 bridgehead atoms. The molecule has 1 heterocycles. The summed E-state index contributed by atoms with van der Waals surface area (Å²) in [5.41, 5.74) is 6.77. The van der Waals surface area contributed by atoms with Crippen LogP contribution in [0.2, 0.25) is 5.02 Å². The third kappa shape index (κ3) is 5.08. The van der Waals surface area contributed by atoms with Gasteiger partial charge in [-0.2, -0.15) is 0 Å². The van der Waals surface area contributed by atoms with Crippen LogP contribution in [0.4, 0.5) is 0 Å². The monoisotopic (exact) mass is 386 g/mol. The number of primary amides is 1. The summed E-state index contributed by atoms with van der Waals surface area (Å²) in [6.45, 7) is 1.75. The number of thiophene rings is 1. The zero-order valence-electron chi connectivity index (χ0n) is 14.1. The van der Waals surface area contributed by atoms with Crippen LogP contribution in [0.5, 0.6) is 11.5 Å². The normalized spacial score (nSPS) is 10.7. The van der Waals surface area contributed by atoms with Crippen molar-refractivity contribution in [3.63, 3.8) is 0 Å². The first kappa shape index (κ1) is 18.5. The van der Waals surface area contributed by atoms with E-state index in [0.717, 1.165) is 19.5 Å². The van der Waals surface area contributed by atoms with Gasteiger partial charge in [0.2, 0.25) is 5.91 Å². The van der Waals surface area contributed by atoms with Gasteiger partial charge in [-0.3, -0.25) is 4.79 Å². The molecule has 0 atom stereocenters. The molecule has 0 aliphatic rings. The highest BCUT2D eigenvalue weighted by Crippen LogP contribution is 2.30. The fourth-order valence-corrected chi connectivity index (χ4v) is 3.37. The van der Waals surface area contributed by atoms with E-state index >= 15 is 0 Å². The lowest BCUT2D eigenvalue weighted by molar-refractivity contribution is 0.100. The molecule has 1 amide bonds. The predicted octanol–water partition coefficient (Wildman–Crippen LogP) is 4.63. The number of ether oxygens (including phenoxy) is 1. The van der Waals surface area contributed by atoms with Gasteiger partial charge >= 0.3 is 0 Å². The van der Waals surface area contributed by atoms with Gasteiger partial charge in [-0.15, -0.1) is 11.3 Å². The summed E-state index contributed by atoms with van der Waals surface area (Å²) in [6, 6.07) is 16.8. The van der Waals surface area contributed by atoms with Crippen LogP contribution in [0.15, 0.2) is 60.0 Å². The van der Waals surface area contributed by atoms with Gasteiger partial charge in [0.15, 0.2) is 0 Å². The van der Waals surface area contributed by atoms with E-state index in [-0.39, 0.29) is 0 Å². The quantitative estimate of drug-likeness (QED) is 0.555. The Labute approximate surface area is 161 Å². The number of benzene rings is 2. The van der Waals surface area contributed by atoms with Crippen molar-refractivity contribution in [2.45, 2.75) is 13.0 Å². The van der Waals surface area contributed by atoms with E-state index < -0.39 is 5.91 Å². The number of halogens is 1. The van der Waals surface area contributed by atoms with Crippen LogP contribution >= 0.6 is 22.9 Å². The molecule has 2 aromatic carbocycles. The molecule has 0 spiro atoms. The number of hydrogen-bond donors (Lipinski definition) is 2. The predicted molar refractivity (Wildman–Crippen MR) is 106 cm³/mol. The van der Waals surface area contributed by atoms with Crippen molar-refractivity contribution in [1.29, 1.82) is 0 Å². The highest BCUT2D eigenvalue weighted by Gasteiger charge is 2.07. The first-order valence-corrected chi connectivity index (χ1v) is 9.47. The Hall–Kier alpha value is -2.34. The molecule has 0 saturated heterocycles. The fourth-order valence-electron chi connectivity index (χ4n) is 2.44. The molecular formula is C20H19ClN2O2S. The molecule has 6 heteroatoms. The third-order valence-electron chi connectivity index (χ3n) is 3.82. The Morgan fingerprint density at radius 2 is 1.96 bits per heavy atom. The van der Waals surface area contributed by atoms with Crippen LogP contribution < -0.4 is 15.8 Å². The van der Waals surface area contributed by atoms with E-state index in [0.29, 0.717) is 22.1 Å². The van der Waals surface area contributed by atoms with Gasteiger partial charge in [0.1, 0.15) is 11.5 Å². The Kier molecular flexibility index (Phi) is 6.28. The molecule has 0 saturated carbocycles. The van der Waals surface area contributed by atoms with Gasteiger partial charge in [0.05, 0.1) is 5.02 Å². The number of hydrogen-bond acceptors (Lipinski definition) is 4. The largest absolute Gasteiger partial charge is 0.456 e. The van der Waals surface area contributed by atoms with E-state index in [1.807, 2.05) is 24.3 Å². The molecule has 3 aromatic rings. The van der Waals surface area contributed by atoms with Crippen molar-refractivity contribution in [3.8, 4) is 11.5 Å². The number of nitrogens with one attached hydrogen (secondary N) is 1. The average molecular weight is 387 g/mol. The minimum Gasteiger partial charge on any atom is -0.456 e. The summed E-state index contributed by atoms with van der Waals surface area (Å²) in [6.07, 6.45) is 1.04. The second-order valence-corrected chi connectivity index (χ2v) is 7.20.